The molecule has 0 bridgehead atoms. The highest BCUT2D eigenvalue weighted by atomic mass is 16.6. The summed E-state index contributed by atoms with van der Waals surface area (Å²) in [6, 6.07) is 14.6. The van der Waals surface area contributed by atoms with Crippen LogP contribution in [0.2, 0.25) is 0 Å². The molecule has 1 fully saturated rings. The molecular formula is C19H17N3O3. The Morgan fingerprint density at radius 3 is 2.96 bits per heavy atom. The summed E-state index contributed by atoms with van der Waals surface area (Å²) in [5, 5.41) is 20.1. The predicted octanol–water partition coefficient (Wildman–Crippen LogP) is 3.07. The molecule has 6 nitrogen and oxygen atoms in total. The third-order valence-corrected chi connectivity index (χ3v) is 5.04. The quantitative estimate of drug-likeness (QED) is 0.636. The highest BCUT2D eigenvalue weighted by Crippen LogP contribution is 2.42. The third kappa shape index (κ3) is 2.94. The fraction of sp³-hybridized carbons (Fsp3) is 0.316. The number of fused-ring (bicyclic) bond motifs is 3. The van der Waals surface area contributed by atoms with Crippen LogP contribution in [0, 0.1) is 27.4 Å². The maximum Gasteiger partial charge on any atom is 0.269 e. The molecule has 0 spiro atoms. The van der Waals surface area contributed by atoms with E-state index in [9.17, 15) is 10.1 Å². The second kappa shape index (κ2) is 6.19. The minimum Gasteiger partial charge on any atom is -0.493 e. The molecule has 2 heterocycles. The minimum absolute atomic E-state index is 0.126. The summed E-state index contributed by atoms with van der Waals surface area (Å²) in [6.45, 7) is 3.12. The molecule has 0 aromatic heterocycles. The fourth-order valence-corrected chi connectivity index (χ4v) is 3.87. The monoisotopic (exact) mass is 335 g/mol. The van der Waals surface area contributed by atoms with Crippen LogP contribution in [-0.4, -0.2) is 29.5 Å². The van der Waals surface area contributed by atoms with E-state index in [1.165, 1.54) is 6.07 Å². The van der Waals surface area contributed by atoms with Gasteiger partial charge in [0.2, 0.25) is 0 Å². The molecule has 0 radical (unpaired) electrons. The normalized spacial score (nSPS) is 21.7. The first-order chi connectivity index (χ1) is 12.1. The number of hydrogen-bond donors (Lipinski definition) is 0. The molecule has 0 aliphatic carbocycles. The first-order valence-corrected chi connectivity index (χ1v) is 8.26. The summed E-state index contributed by atoms with van der Waals surface area (Å²) in [7, 11) is 0. The number of nitriles is 1. The molecule has 4 rings (SSSR count). The van der Waals surface area contributed by atoms with Crippen LogP contribution in [-0.2, 0) is 6.54 Å². The molecule has 0 N–H and O–H groups in total. The first kappa shape index (κ1) is 15.6. The van der Waals surface area contributed by atoms with Crippen molar-refractivity contribution >= 4 is 5.69 Å². The van der Waals surface area contributed by atoms with Crippen molar-refractivity contribution in [3.05, 3.63) is 69.3 Å². The number of hydrogen-bond acceptors (Lipinski definition) is 5. The average Bonchev–Trinajstić information content (AvgIpc) is 3.04. The Morgan fingerprint density at radius 1 is 1.28 bits per heavy atom. The number of benzene rings is 2. The van der Waals surface area contributed by atoms with Gasteiger partial charge in [-0.3, -0.25) is 15.0 Å². The van der Waals surface area contributed by atoms with Crippen LogP contribution in [0.1, 0.15) is 22.6 Å². The lowest BCUT2D eigenvalue weighted by molar-refractivity contribution is -0.384. The van der Waals surface area contributed by atoms with E-state index in [-0.39, 0.29) is 10.6 Å². The van der Waals surface area contributed by atoms with Crippen molar-refractivity contribution in [2.24, 2.45) is 5.92 Å². The number of rotatable bonds is 3. The van der Waals surface area contributed by atoms with E-state index >= 15 is 0 Å². The maximum absolute atomic E-state index is 10.9. The second-order valence-corrected chi connectivity index (χ2v) is 6.66. The summed E-state index contributed by atoms with van der Waals surface area (Å²) in [6.07, 6.45) is 0. The Hall–Kier alpha value is -2.91. The maximum atomic E-state index is 10.9. The molecule has 25 heavy (non-hydrogen) atoms. The van der Waals surface area contributed by atoms with Crippen LogP contribution in [0.4, 0.5) is 5.69 Å². The average molecular weight is 335 g/mol. The molecule has 1 saturated heterocycles. The highest BCUT2D eigenvalue weighted by Gasteiger charge is 2.38. The highest BCUT2D eigenvalue weighted by molar-refractivity contribution is 5.46. The van der Waals surface area contributed by atoms with Crippen LogP contribution in [0.3, 0.4) is 0 Å². The molecule has 2 aromatic carbocycles. The predicted molar refractivity (Wildman–Crippen MR) is 91.3 cm³/mol. The molecule has 6 heteroatoms. The van der Waals surface area contributed by atoms with E-state index in [0.717, 1.165) is 30.0 Å². The lowest BCUT2D eigenvalue weighted by atomic mass is 9.86. The zero-order valence-electron chi connectivity index (χ0n) is 13.6. The van der Waals surface area contributed by atoms with Crippen molar-refractivity contribution in [1.82, 2.24) is 4.90 Å². The number of ether oxygens (including phenoxy) is 1. The van der Waals surface area contributed by atoms with Gasteiger partial charge in [0.1, 0.15) is 5.75 Å². The van der Waals surface area contributed by atoms with Gasteiger partial charge in [-0.25, -0.2) is 0 Å². The summed E-state index contributed by atoms with van der Waals surface area (Å²) in [4.78, 5) is 12.9. The van der Waals surface area contributed by atoms with Gasteiger partial charge in [-0.05, 0) is 23.8 Å². The number of nitrogens with zero attached hydrogens (tertiary/aromatic N) is 3. The Kier molecular flexibility index (Phi) is 3.86. The molecule has 2 aliphatic rings. The van der Waals surface area contributed by atoms with Crippen molar-refractivity contribution in [2.75, 3.05) is 19.7 Å². The van der Waals surface area contributed by atoms with Crippen LogP contribution >= 0.6 is 0 Å². The Balaban J connectivity index is 1.54. The standard InChI is InChI=1S/C19H17N3O3/c20-8-13-4-5-19-17(7-13)18-11-21(10-15(18)12-25-19)9-14-2-1-3-16(6-14)22(23)24/h1-7,15,18H,9-12H2/t15-,18+/m0/s1. The Morgan fingerprint density at radius 2 is 2.16 bits per heavy atom. The summed E-state index contributed by atoms with van der Waals surface area (Å²) in [5.41, 5.74) is 2.83. The van der Waals surface area contributed by atoms with Crippen molar-refractivity contribution in [3.63, 3.8) is 0 Å². The molecule has 2 aromatic rings. The molecule has 2 atom stereocenters. The van der Waals surface area contributed by atoms with Crippen molar-refractivity contribution in [3.8, 4) is 11.8 Å². The molecule has 0 saturated carbocycles. The number of nitro groups is 1. The van der Waals surface area contributed by atoms with E-state index in [1.807, 2.05) is 18.2 Å². The van der Waals surface area contributed by atoms with Gasteiger partial charge in [0, 0.05) is 49.2 Å². The third-order valence-electron chi connectivity index (χ3n) is 5.04. The minimum atomic E-state index is -0.360. The van der Waals surface area contributed by atoms with Gasteiger partial charge in [0.05, 0.1) is 23.2 Å². The van der Waals surface area contributed by atoms with Gasteiger partial charge in [-0.2, -0.15) is 5.26 Å². The molecule has 126 valence electrons. The topological polar surface area (TPSA) is 79.4 Å². The van der Waals surface area contributed by atoms with Crippen LogP contribution in [0.25, 0.3) is 0 Å². The zero-order chi connectivity index (χ0) is 17.4. The van der Waals surface area contributed by atoms with Crippen LogP contribution < -0.4 is 4.74 Å². The largest absolute Gasteiger partial charge is 0.493 e. The lowest BCUT2D eigenvalue weighted by Gasteiger charge is -2.27. The van der Waals surface area contributed by atoms with Gasteiger partial charge in [0.15, 0.2) is 0 Å². The number of nitro benzene ring substituents is 1. The molecular weight excluding hydrogens is 318 g/mol. The van der Waals surface area contributed by atoms with Crippen LogP contribution in [0.5, 0.6) is 5.75 Å². The second-order valence-electron chi connectivity index (χ2n) is 6.66. The van der Waals surface area contributed by atoms with Crippen LogP contribution in [0.15, 0.2) is 42.5 Å². The van der Waals surface area contributed by atoms with E-state index in [2.05, 4.69) is 11.0 Å². The summed E-state index contributed by atoms with van der Waals surface area (Å²) in [5.74, 6) is 1.60. The van der Waals surface area contributed by atoms with E-state index in [1.54, 1.807) is 18.2 Å². The first-order valence-electron chi connectivity index (χ1n) is 8.26. The molecule has 0 unspecified atom stereocenters. The van der Waals surface area contributed by atoms with Gasteiger partial charge < -0.3 is 4.74 Å². The van der Waals surface area contributed by atoms with Crippen molar-refractivity contribution in [2.45, 2.75) is 12.5 Å². The van der Waals surface area contributed by atoms with Gasteiger partial charge in [-0.1, -0.05) is 12.1 Å². The Bertz CT molecular complexity index is 874. The summed E-state index contributed by atoms with van der Waals surface area (Å²) >= 11 is 0. The molecule has 2 aliphatic heterocycles. The number of likely N-dealkylation sites (tertiary alicyclic amines) is 1. The SMILES string of the molecule is N#Cc1ccc2c(c1)[C@@H]1CN(Cc3cccc([N+](=O)[O-])c3)C[C@H]1CO2. The van der Waals surface area contributed by atoms with Gasteiger partial charge in [0.25, 0.3) is 5.69 Å². The van der Waals surface area contributed by atoms with Crippen molar-refractivity contribution < 1.29 is 9.66 Å². The van der Waals surface area contributed by atoms with Crippen molar-refractivity contribution in [1.29, 1.82) is 5.26 Å². The lowest BCUT2D eigenvalue weighted by Crippen LogP contribution is -2.25. The fourth-order valence-electron chi connectivity index (χ4n) is 3.87. The van der Waals surface area contributed by atoms with E-state index in [0.29, 0.717) is 30.6 Å². The van der Waals surface area contributed by atoms with Gasteiger partial charge in [-0.15, -0.1) is 0 Å². The molecule has 0 amide bonds. The zero-order valence-corrected chi connectivity index (χ0v) is 13.6. The smallest absolute Gasteiger partial charge is 0.269 e. The van der Waals surface area contributed by atoms with E-state index < -0.39 is 0 Å². The Labute approximate surface area is 145 Å². The van der Waals surface area contributed by atoms with Gasteiger partial charge >= 0.3 is 0 Å². The number of non-ortho nitro benzene ring substituents is 1. The van der Waals surface area contributed by atoms with E-state index in [4.69, 9.17) is 10.00 Å². The summed E-state index contributed by atoms with van der Waals surface area (Å²) < 4.78 is 5.86.